The minimum absolute atomic E-state index is 0.0789. The number of aromatic nitrogens is 1. The van der Waals surface area contributed by atoms with Gasteiger partial charge in [0.1, 0.15) is 0 Å². The number of carbonyl (C=O) groups is 2. The second kappa shape index (κ2) is 7.56. The molecule has 0 bridgehead atoms. The number of aromatic amines is 1. The van der Waals surface area contributed by atoms with E-state index in [0.29, 0.717) is 29.7 Å². The Labute approximate surface area is 129 Å². The zero-order chi connectivity index (χ0) is 15.9. The fraction of sp³-hybridized carbons (Fsp3) is 0.294. The van der Waals surface area contributed by atoms with Crippen LogP contribution in [0.4, 0.5) is 0 Å². The van der Waals surface area contributed by atoms with Gasteiger partial charge in [-0.2, -0.15) is 0 Å². The lowest BCUT2D eigenvalue weighted by Crippen LogP contribution is -2.28. The summed E-state index contributed by atoms with van der Waals surface area (Å²) in [6, 6.07) is 8.31. The molecule has 0 aliphatic carbocycles. The lowest BCUT2D eigenvalue weighted by atomic mass is 10.0. The molecule has 1 aromatic carbocycles. The number of carbonyl (C=O) groups excluding carboxylic acids is 2. The van der Waals surface area contributed by atoms with Crippen molar-refractivity contribution in [1.82, 2.24) is 10.3 Å². The number of aliphatic hydroxyl groups is 1. The maximum absolute atomic E-state index is 12.1. The van der Waals surface area contributed by atoms with E-state index in [-0.39, 0.29) is 24.2 Å². The molecule has 0 saturated carbocycles. The van der Waals surface area contributed by atoms with Crippen LogP contribution in [0, 0.1) is 5.92 Å². The maximum atomic E-state index is 12.1. The van der Waals surface area contributed by atoms with Crippen molar-refractivity contribution in [1.29, 1.82) is 0 Å². The SMILES string of the molecule is CC(CCO)CNC(=O)c1ccc(C(=O)c2cc[nH]c2)cc1. The molecule has 0 radical (unpaired) electrons. The van der Waals surface area contributed by atoms with Crippen LogP contribution in [0.2, 0.25) is 0 Å². The van der Waals surface area contributed by atoms with E-state index >= 15 is 0 Å². The Hall–Kier alpha value is -2.40. The van der Waals surface area contributed by atoms with Crippen LogP contribution in [0.3, 0.4) is 0 Å². The van der Waals surface area contributed by atoms with E-state index in [1.54, 1.807) is 42.7 Å². The molecular formula is C17H20N2O3. The van der Waals surface area contributed by atoms with Crippen LogP contribution < -0.4 is 5.32 Å². The fourth-order valence-corrected chi connectivity index (χ4v) is 2.10. The Balaban J connectivity index is 1.96. The molecule has 0 spiro atoms. The van der Waals surface area contributed by atoms with Crippen molar-refractivity contribution in [3.63, 3.8) is 0 Å². The van der Waals surface area contributed by atoms with E-state index < -0.39 is 0 Å². The van der Waals surface area contributed by atoms with Crippen LogP contribution in [0.15, 0.2) is 42.7 Å². The van der Waals surface area contributed by atoms with Gasteiger partial charge in [0.2, 0.25) is 0 Å². The molecule has 1 aromatic heterocycles. The third kappa shape index (κ3) is 4.05. The van der Waals surface area contributed by atoms with Crippen LogP contribution in [0.25, 0.3) is 0 Å². The Morgan fingerprint density at radius 2 is 1.82 bits per heavy atom. The van der Waals surface area contributed by atoms with E-state index in [2.05, 4.69) is 10.3 Å². The largest absolute Gasteiger partial charge is 0.396 e. The Bertz CT molecular complexity index is 618. The van der Waals surface area contributed by atoms with Gasteiger partial charge in [-0.1, -0.05) is 19.1 Å². The number of H-pyrrole nitrogens is 1. The second-order valence-corrected chi connectivity index (χ2v) is 5.33. The average molecular weight is 300 g/mol. The zero-order valence-electron chi connectivity index (χ0n) is 12.5. The Kier molecular flexibility index (Phi) is 5.49. The van der Waals surface area contributed by atoms with E-state index in [1.807, 2.05) is 6.92 Å². The normalized spacial score (nSPS) is 11.9. The van der Waals surface area contributed by atoms with Gasteiger partial charge in [0.15, 0.2) is 5.78 Å². The summed E-state index contributed by atoms with van der Waals surface area (Å²) in [4.78, 5) is 27.0. The molecule has 2 aromatic rings. The molecular weight excluding hydrogens is 280 g/mol. The summed E-state index contributed by atoms with van der Waals surface area (Å²) >= 11 is 0. The minimum Gasteiger partial charge on any atom is -0.396 e. The van der Waals surface area contributed by atoms with Crippen molar-refractivity contribution in [3.8, 4) is 0 Å². The number of rotatable bonds is 7. The molecule has 1 heterocycles. The predicted molar refractivity (Wildman–Crippen MR) is 83.9 cm³/mol. The standard InChI is InChI=1S/C17H20N2O3/c1-12(7-9-20)10-19-17(22)14-4-2-13(3-5-14)16(21)15-6-8-18-11-15/h2-6,8,11-12,18,20H,7,9-10H2,1H3,(H,19,22). The van der Waals surface area contributed by atoms with Crippen LogP contribution in [0.5, 0.6) is 0 Å². The number of ketones is 1. The summed E-state index contributed by atoms with van der Waals surface area (Å²) in [6.45, 7) is 2.60. The highest BCUT2D eigenvalue weighted by Crippen LogP contribution is 2.11. The van der Waals surface area contributed by atoms with E-state index in [9.17, 15) is 9.59 Å². The minimum atomic E-state index is -0.176. The first-order valence-corrected chi connectivity index (χ1v) is 7.28. The molecule has 0 saturated heterocycles. The first-order valence-electron chi connectivity index (χ1n) is 7.28. The molecule has 5 nitrogen and oxygen atoms in total. The summed E-state index contributed by atoms with van der Waals surface area (Å²) < 4.78 is 0. The number of aliphatic hydroxyl groups excluding tert-OH is 1. The molecule has 2 rings (SSSR count). The van der Waals surface area contributed by atoms with Gasteiger partial charge in [-0.05, 0) is 30.5 Å². The number of benzene rings is 1. The second-order valence-electron chi connectivity index (χ2n) is 5.33. The summed E-state index contributed by atoms with van der Waals surface area (Å²) in [5, 5.41) is 11.7. The average Bonchev–Trinajstić information content (AvgIpc) is 3.07. The van der Waals surface area contributed by atoms with Crippen molar-refractivity contribution in [3.05, 3.63) is 59.4 Å². The zero-order valence-corrected chi connectivity index (χ0v) is 12.5. The van der Waals surface area contributed by atoms with Gasteiger partial charge in [-0.15, -0.1) is 0 Å². The highest BCUT2D eigenvalue weighted by Gasteiger charge is 2.11. The third-order valence-corrected chi connectivity index (χ3v) is 3.50. The monoisotopic (exact) mass is 300 g/mol. The molecule has 1 amide bonds. The van der Waals surface area contributed by atoms with Gasteiger partial charge in [-0.3, -0.25) is 9.59 Å². The number of amides is 1. The van der Waals surface area contributed by atoms with E-state index in [0.717, 1.165) is 0 Å². The number of hydrogen-bond donors (Lipinski definition) is 3. The van der Waals surface area contributed by atoms with Crippen molar-refractivity contribution < 1.29 is 14.7 Å². The lowest BCUT2D eigenvalue weighted by Gasteiger charge is -2.11. The molecule has 0 aliphatic rings. The highest BCUT2D eigenvalue weighted by atomic mass is 16.3. The highest BCUT2D eigenvalue weighted by molar-refractivity contribution is 6.09. The molecule has 22 heavy (non-hydrogen) atoms. The quantitative estimate of drug-likeness (QED) is 0.684. The molecule has 0 fully saturated rings. The predicted octanol–water partition coefficient (Wildman–Crippen LogP) is 1.99. The van der Waals surface area contributed by atoms with Gasteiger partial charge in [0, 0.05) is 42.2 Å². The van der Waals surface area contributed by atoms with Crippen molar-refractivity contribution in [2.75, 3.05) is 13.2 Å². The van der Waals surface area contributed by atoms with Crippen LogP contribution in [-0.2, 0) is 0 Å². The molecule has 1 atom stereocenters. The van der Waals surface area contributed by atoms with Gasteiger partial charge in [0.05, 0.1) is 0 Å². The number of nitrogens with one attached hydrogen (secondary N) is 2. The fourth-order valence-electron chi connectivity index (χ4n) is 2.10. The molecule has 0 aliphatic heterocycles. The summed E-state index contributed by atoms with van der Waals surface area (Å²) in [6.07, 6.45) is 4.00. The van der Waals surface area contributed by atoms with E-state index in [4.69, 9.17) is 5.11 Å². The summed E-state index contributed by atoms with van der Waals surface area (Å²) in [7, 11) is 0. The molecule has 3 N–H and O–H groups in total. The summed E-state index contributed by atoms with van der Waals surface area (Å²) in [5.41, 5.74) is 1.65. The Morgan fingerprint density at radius 1 is 1.14 bits per heavy atom. The first-order chi connectivity index (χ1) is 10.6. The van der Waals surface area contributed by atoms with Gasteiger partial charge in [0.25, 0.3) is 5.91 Å². The molecule has 1 unspecified atom stereocenters. The van der Waals surface area contributed by atoms with Gasteiger partial charge in [-0.25, -0.2) is 0 Å². The Morgan fingerprint density at radius 3 is 2.41 bits per heavy atom. The maximum Gasteiger partial charge on any atom is 0.251 e. The van der Waals surface area contributed by atoms with Crippen LogP contribution >= 0.6 is 0 Å². The number of hydrogen-bond acceptors (Lipinski definition) is 3. The van der Waals surface area contributed by atoms with Gasteiger partial charge < -0.3 is 15.4 Å². The van der Waals surface area contributed by atoms with Gasteiger partial charge >= 0.3 is 0 Å². The topological polar surface area (TPSA) is 82.2 Å². The van der Waals surface area contributed by atoms with Crippen LogP contribution in [-0.4, -0.2) is 34.9 Å². The first kappa shape index (κ1) is 16.0. The van der Waals surface area contributed by atoms with Crippen LogP contribution in [0.1, 0.15) is 39.6 Å². The third-order valence-electron chi connectivity index (χ3n) is 3.50. The lowest BCUT2D eigenvalue weighted by molar-refractivity contribution is 0.0944. The summed E-state index contributed by atoms with van der Waals surface area (Å²) in [5.74, 6) is -0.0291. The molecule has 5 heteroatoms. The van der Waals surface area contributed by atoms with Crippen molar-refractivity contribution >= 4 is 11.7 Å². The smallest absolute Gasteiger partial charge is 0.251 e. The van der Waals surface area contributed by atoms with Crippen molar-refractivity contribution in [2.45, 2.75) is 13.3 Å². The van der Waals surface area contributed by atoms with Crippen molar-refractivity contribution in [2.24, 2.45) is 5.92 Å². The van der Waals surface area contributed by atoms with E-state index in [1.165, 1.54) is 0 Å². The molecule has 116 valence electrons.